The van der Waals surface area contributed by atoms with Gasteiger partial charge in [-0.1, -0.05) is 34.1 Å². The Bertz CT molecular complexity index is 416. The van der Waals surface area contributed by atoms with E-state index in [0.717, 1.165) is 36.0 Å². The molecular weight excluding hydrogens is 292 g/mol. The Morgan fingerprint density at radius 1 is 1.28 bits per heavy atom. The summed E-state index contributed by atoms with van der Waals surface area (Å²) in [6.45, 7) is 2.45. The number of carbonyl (C=O) groups excluding carboxylic acids is 1. The third kappa shape index (κ3) is 3.25. The molecule has 3 nitrogen and oxygen atoms in total. The normalized spacial score (nSPS) is 15.6. The number of carbonyl (C=O) groups is 1. The summed E-state index contributed by atoms with van der Waals surface area (Å²) in [4.78, 5) is 16.0. The van der Waals surface area contributed by atoms with Gasteiger partial charge in [-0.25, -0.2) is 4.79 Å². The molecule has 4 heteroatoms. The number of hydrogen-bond acceptors (Lipinski definition) is 1. The van der Waals surface area contributed by atoms with E-state index in [4.69, 9.17) is 0 Å². The standard InChI is InChI=1S/C14H19BrN2O/c1-16(11-12-7-3-4-8-13(12)15)14(18)17-9-5-2-6-10-17/h3-4,7-8H,2,5-6,9-11H2,1H3. The zero-order valence-corrected chi connectivity index (χ0v) is 12.3. The molecule has 0 radical (unpaired) electrons. The molecule has 1 aliphatic heterocycles. The molecule has 98 valence electrons. The summed E-state index contributed by atoms with van der Waals surface area (Å²) in [5.74, 6) is 0. The minimum absolute atomic E-state index is 0.144. The Hall–Kier alpha value is -1.03. The lowest BCUT2D eigenvalue weighted by molar-refractivity contribution is 0.151. The number of halogens is 1. The van der Waals surface area contributed by atoms with Gasteiger partial charge in [0.1, 0.15) is 0 Å². The molecule has 0 aliphatic carbocycles. The molecule has 0 aromatic heterocycles. The van der Waals surface area contributed by atoms with Crippen LogP contribution >= 0.6 is 15.9 Å². The van der Waals surface area contributed by atoms with E-state index in [-0.39, 0.29) is 6.03 Å². The summed E-state index contributed by atoms with van der Waals surface area (Å²) in [5.41, 5.74) is 1.14. The summed E-state index contributed by atoms with van der Waals surface area (Å²) < 4.78 is 1.06. The molecule has 2 rings (SSSR count). The maximum Gasteiger partial charge on any atom is 0.320 e. The molecule has 1 aliphatic rings. The molecule has 0 saturated carbocycles. The number of piperidine rings is 1. The average molecular weight is 311 g/mol. The van der Waals surface area contributed by atoms with Crippen LogP contribution in [0.2, 0.25) is 0 Å². The van der Waals surface area contributed by atoms with E-state index < -0.39 is 0 Å². The van der Waals surface area contributed by atoms with E-state index >= 15 is 0 Å². The fourth-order valence-corrected chi connectivity index (χ4v) is 2.69. The van der Waals surface area contributed by atoms with E-state index in [1.807, 2.05) is 36.2 Å². The molecule has 0 N–H and O–H groups in total. The monoisotopic (exact) mass is 310 g/mol. The van der Waals surface area contributed by atoms with Gasteiger partial charge >= 0.3 is 6.03 Å². The van der Waals surface area contributed by atoms with Crippen molar-refractivity contribution < 1.29 is 4.79 Å². The minimum Gasteiger partial charge on any atom is -0.325 e. The highest BCUT2D eigenvalue weighted by Crippen LogP contribution is 2.18. The molecule has 1 heterocycles. The van der Waals surface area contributed by atoms with Crippen molar-refractivity contribution in [3.63, 3.8) is 0 Å². The van der Waals surface area contributed by atoms with Crippen LogP contribution in [0.15, 0.2) is 28.7 Å². The number of hydrogen-bond donors (Lipinski definition) is 0. The summed E-state index contributed by atoms with van der Waals surface area (Å²) in [6.07, 6.45) is 3.51. The van der Waals surface area contributed by atoms with Crippen molar-refractivity contribution in [3.05, 3.63) is 34.3 Å². The van der Waals surface area contributed by atoms with E-state index in [0.29, 0.717) is 6.54 Å². The van der Waals surface area contributed by atoms with Gasteiger partial charge in [0.25, 0.3) is 0 Å². The van der Waals surface area contributed by atoms with Crippen LogP contribution in [-0.2, 0) is 6.54 Å². The van der Waals surface area contributed by atoms with Gasteiger partial charge in [-0.2, -0.15) is 0 Å². The van der Waals surface area contributed by atoms with Crippen molar-refractivity contribution in [2.75, 3.05) is 20.1 Å². The Kier molecular flexibility index (Phi) is 4.64. The first kappa shape index (κ1) is 13.4. The predicted octanol–water partition coefficient (Wildman–Crippen LogP) is 3.49. The van der Waals surface area contributed by atoms with Crippen molar-refractivity contribution in [3.8, 4) is 0 Å². The number of nitrogens with zero attached hydrogens (tertiary/aromatic N) is 2. The molecule has 0 unspecified atom stereocenters. The number of urea groups is 1. The molecule has 1 saturated heterocycles. The molecule has 1 fully saturated rings. The van der Waals surface area contributed by atoms with E-state index in [9.17, 15) is 4.79 Å². The molecule has 1 aromatic carbocycles. The lowest BCUT2D eigenvalue weighted by Crippen LogP contribution is -2.43. The first-order valence-corrected chi connectivity index (χ1v) is 7.21. The largest absolute Gasteiger partial charge is 0.325 e. The van der Waals surface area contributed by atoms with Gasteiger partial charge < -0.3 is 9.80 Å². The maximum atomic E-state index is 12.3. The van der Waals surface area contributed by atoms with Crippen LogP contribution in [0.25, 0.3) is 0 Å². The van der Waals surface area contributed by atoms with Gasteiger partial charge in [0.15, 0.2) is 0 Å². The van der Waals surface area contributed by atoms with Crippen molar-refractivity contribution in [1.29, 1.82) is 0 Å². The zero-order valence-electron chi connectivity index (χ0n) is 10.7. The maximum absolute atomic E-state index is 12.3. The summed E-state index contributed by atoms with van der Waals surface area (Å²) in [5, 5.41) is 0. The molecule has 0 spiro atoms. The second kappa shape index (κ2) is 6.23. The quantitative estimate of drug-likeness (QED) is 0.820. The lowest BCUT2D eigenvalue weighted by atomic mass is 10.1. The third-order valence-electron chi connectivity index (χ3n) is 3.32. The van der Waals surface area contributed by atoms with Gasteiger partial charge in [0, 0.05) is 31.2 Å². The Morgan fingerprint density at radius 2 is 1.94 bits per heavy atom. The van der Waals surface area contributed by atoms with Crippen LogP contribution in [0.1, 0.15) is 24.8 Å². The van der Waals surface area contributed by atoms with Crippen molar-refractivity contribution in [1.82, 2.24) is 9.80 Å². The van der Waals surface area contributed by atoms with Crippen molar-refractivity contribution in [2.24, 2.45) is 0 Å². The SMILES string of the molecule is CN(Cc1ccccc1Br)C(=O)N1CCCCC1. The second-order valence-electron chi connectivity index (χ2n) is 4.78. The van der Waals surface area contributed by atoms with Crippen LogP contribution < -0.4 is 0 Å². The van der Waals surface area contributed by atoms with Crippen molar-refractivity contribution >= 4 is 22.0 Å². The van der Waals surface area contributed by atoms with Gasteiger partial charge in [-0.15, -0.1) is 0 Å². The van der Waals surface area contributed by atoms with Gasteiger partial charge in [-0.05, 0) is 30.9 Å². The number of amides is 2. The van der Waals surface area contributed by atoms with Crippen LogP contribution in [-0.4, -0.2) is 36.0 Å². The topological polar surface area (TPSA) is 23.6 Å². The van der Waals surface area contributed by atoms with Gasteiger partial charge in [-0.3, -0.25) is 0 Å². The van der Waals surface area contributed by atoms with Crippen molar-refractivity contribution in [2.45, 2.75) is 25.8 Å². The zero-order chi connectivity index (χ0) is 13.0. The summed E-state index contributed by atoms with van der Waals surface area (Å²) >= 11 is 3.52. The van der Waals surface area contributed by atoms with E-state index in [1.165, 1.54) is 6.42 Å². The predicted molar refractivity (Wildman–Crippen MR) is 76.4 cm³/mol. The van der Waals surface area contributed by atoms with Crippen LogP contribution in [0.4, 0.5) is 4.79 Å². The first-order valence-electron chi connectivity index (χ1n) is 6.42. The van der Waals surface area contributed by atoms with E-state index in [1.54, 1.807) is 4.90 Å². The Balaban J connectivity index is 1.96. The number of benzene rings is 1. The van der Waals surface area contributed by atoms with Gasteiger partial charge in [0.2, 0.25) is 0 Å². The minimum atomic E-state index is 0.144. The molecule has 1 aromatic rings. The summed E-state index contributed by atoms with van der Waals surface area (Å²) in [6, 6.07) is 8.18. The highest BCUT2D eigenvalue weighted by molar-refractivity contribution is 9.10. The number of rotatable bonds is 2. The van der Waals surface area contributed by atoms with Crippen LogP contribution in [0.5, 0.6) is 0 Å². The molecule has 0 atom stereocenters. The van der Waals surface area contributed by atoms with E-state index in [2.05, 4.69) is 15.9 Å². The van der Waals surface area contributed by atoms with Gasteiger partial charge in [0.05, 0.1) is 0 Å². The third-order valence-corrected chi connectivity index (χ3v) is 4.09. The lowest BCUT2D eigenvalue weighted by Gasteiger charge is -2.31. The molecular formula is C14H19BrN2O. The summed E-state index contributed by atoms with van der Waals surface area (Å²) in [7, 11) is 1.87. The van der Waals surface area contributed by atoms with Crippen LogP contribution in [0.3, 0.4) is 0 Å². The highest BCUT2D eigenvalue weighted by Gasteiger charge is 2.20. The highest BCUT2D eigenvalue weighted by atomic mass is 79.9. The fourth-order valence-electron chi connectivity index (χ4n) is 2.28. The second-order valence-corrected chi connectivity index (χ2v) is 5.63. The van der Waals surface area contributed by atoms with Crippen LogP contribution in [0, 0.1) is 0 Å². The molecule has 2 amide bonds. The Labute approximate surface area is 117 Å². The Morgan fingerprint density at radius 3 is 2.61 bits per heavy atom. The average Bonchev–Trinajstić information content (AvgIpc) is 2.41. The smallest absolute Gasteiger partial charge is 0.320 e. The molecule has 0 bridgehead atoms. The molecule has 18 heavy (non-hydrogen) atoms. The first-order chi connectivity index (χ1) is 8.68. The number of likely N-dealkylation sites (tertiary alicyclic amines) is 1. The fraction of sp³-hybridized carbons (Fsp3) is 0.500.